The van der Waals surface area contributed by atoms with Gasteiger partial charge in [-0.2, -0.15) is 13.2 Å². The SMILES string of the molecule is Cl.O=C(Nc1cccc(CCC(F)(F)F)c1)C1COCCN1. The Morgan fingerprint density at radius 2 is 2.18 bits per heavy atom. The van der Waals surface area contributed by atoms with E-state index in [9.17, 15) is 18.0 Å². The topological polar surface area (TPSA) is 50.4 Å². The molecule has 1 aliphatic rings. The van der Waals surface area contributed by atoms with Crippen LogP contribution in [-0.2, 0) is 16.0 Å². The molecule has 0 bridgehead atoms. The first-order chi connectivity index (χ1) is 9.94. The van der Waals surface area contributed by atoms with Gasteiger partial charge in [0.2, 0.25) is 5.91 Å². The Labute approximate surface area is 132 Å². The van der Waals surface area contributed by atoms with Crippen molar-refractivity contribution in [3.05, 3.63) is 29.8 Å². The van der Waals surface area contributed by atoms with Crippen LogP contribution in [0.1, 0.15) is 12.0 Å². The average Bonchev–Trinajstić information content (AvgIpc) is 2.46. The normalized spacial score (nSPS) is 18.4. The molecule has 1 unspecified atom stereocenters. The summed E-state index contributed by atoms with van der Waals surface area (Å²) >= 11 is 0. The zero-order valence-electron chi connectivity index (χ0n) is 11.8. The molecular formula is C14H18ClF3N2O2. The fourth-order valence-corrected chi connectivity index (χ4v) is 2.05. The van der Waals surface area contributed by atoms with Crippen molar-refractivity contribution in [2.75, 3.05) is 25.1 Å². The predicted octanol–water partition coefficient (Wildman–Crippen LogP) is 2.53. The van der Waals surface area contributed by atoms with Gasteiger partial charge in [0.25, 0.3) is 0 Å². The molecule has 0 spiro atoms. The highest BCUT2D eigenvalue weighted by Crippen LogP contribution is 2.23. The standard InChI is InChI=1S/C14H17F3N2O2.ClH/c15-14(16,17)5-4-10-2-1-3-11(8-10)19-13(20)12-9-21-7-6-18-12;/h1-3,8,12,18H,4-7,9H2,(H,19,20);1H. The molecule has 1 aromatic carbocycles. The lowest BCUT2D eigenvalue weighted by molar-refractivity contribution is -0.134. The minimum atomic E-state index is -4.18. The van der Waals surface area contributed by atoms with E-state index in [1.807, 2.05) is 0 Å². The fourth-order valence-electron chi connectivity index (χ4n) is 2.05. The van der Waals surface area contributed by atoms with Crippen molar-refractivity contribution in [2.24, 2.45) is 0 Å². The van der Waals surface area contributed by atoms with Crippen LogP contribution in [-0.4, -0.2) is 37.9 Å². The largest absolute Gasteiger partial charge is 0.389 e. The molecule has 1 atom stereocenters. The molecule has 8 heteroatoms. The summed E-state index contributed by atoms with van der Waals surface area (Å²) in [5.74, 6) is -0.248. The molecule has 1 heterocycles. The molecule has 0 aromatic heterocycles. The quantitative estimate of drug-likeness (QED) is 0.887. The Morgan fingerprint density at radius 1 is 1.41 bits per heavy atom. The van der Waals surface area contributed by atoms with E-state index in [4.69, 9.17) is 4.74 Å². The minimum absolute atomic E-state index is 0. The monoisotopic (exact) mass is 338 g/mol. The Bertz CT molecular complexity index is 491. The van der Waals surface area contributed by atoms with Crippen molar-refractivity contribution in [3.63, 3.8) is 0 Å². The van der Waals surface area contributed by atoms with Gasteiger partial charge in [-0.1, -0.05) is 12.1 Å². The maximum Gasteiger partial charge on any atom is 0.389 e. The number of morpholine rings is 1. The summed E-state index contributed by atoms with van der Waals surface area (Å²) in [4.78, 5) is 12.0. The van der Waals surface area contributed by atoms with Gasteiger partial charge in [-0.15, -0.1) is 12.4 Å². The van der Waals surface area contributed by atoms with Crippen LogP contribution in [0.2, 0.25) is 0 Å². The lowest BCUT2D eigenvalue weighted by Crippen LogP contribution is -2.48. The molecule has 1 aliphatic heterocycles. The Hall–Kier alpha value is -1.31. The molecule has 1 amide bonds. The lowest BCUT2D eigenvalue weighted by atomic mass is 10.1. The van der Waals surface area contributed by atoms with Crippen molar-refractivity contribution in [2.45, 2.75) is 25.1 Å². The Balaban J connectivity index is 0.00000242. The number of nitrogens with one attached hydrogen (secondary N) is 2. The second-order valence-corrected chi connectivity index (χ2v) is 4.89. The molecule has 1 saturated heterocycles. The summed E-state index contributed by atoms with van der Waals surface area (Å²) in [6.45, 7) is 1.46. The van der Waals surface area contributed by atoms with Gasteiger partial charge >= 0.3 is 6.18 Å². The molecular weight excluding hydrogens is 321 g/mol. The van der Waals surface area contributed by atoms with Crippen LogP contribution in [0, 0.1) is 0 Å². The molecule has 124 valence electrons. The highest BCUT2D eigenvalue weighted by molar-refractivity contribution is 5.95. The number of hydrogen-bond acceptors (Lipinski definition) is 3. The van der Waals surface area contributed by atoms with E-state index in [1.54, 1.807) is 24.3 Å². The van der Waals surface area contributed by atoms with Gasteiger partial charge in [-0.25, -0.2) is 0 Å². The van der Waals surface area contributed by atoms with E-state index in [2.05, 4.69) is 10.6 Å². The zero-order valence-corrected chi connectivity index (χ0v) is 12.6. The minimum Gasteiger partial charge on any atom is -0.378 e. The first-order valence-corrected chi connectivity index (χ1v) is 6.72. The number of benzene rings is 1. The maximum absolute atomic E-state index is 12.2. The van der Waals surface area contributed by atoms with Crippen molar-refractivity contribution >= 4 is 24.0 Å². The summed E-state index contributed by atoms with van der Waals surface area (Å²) in [6.07, 6.45) is -5.15. The Morgan fingerprint density at radius 3 is 2.82 bits per heavy atom. The number of aryl methyl sites for hydroxylation is 1. The van der Waals surface area contributed by atoms with Crippen LogP contribution in [0.15, 0.2) is 24.3 Å². The van der Waals surface area contributed by atoms with Gasteiger partial charge in [-0.3, -0.25) is 4.79 Å². The van der Waals surface area contributed by atoms with Crippen LogP contribution >= 0.6 is 12.4 Å². The van der Waals surface area contributed by atoms with E-state index in [0.717, 1.165) is 0 Å². The first-order valence-electron chi connectivity index (χ1n) is 6.72. The van der Waals surface area contributed by atoms with E-state index < -0.39 is 18.6 Å². The molecule has 0 saturated carbocycles. The summed E-state index contributed by atoms with van der Waals surface area (Å²) in [5.41, 5.74) is 1.03. The van der Waals surface area contributed by atoms with Crippen molar-refractivity contribution in [1.29, 1.82) is 0 Å². The maximum atomic E-state index is 12.2. The van der Waals surface area contributed by atoms with Gasteiger partial charge in [0, 0.05) is 18.7 Å². The summed E-state index contributed by atoms with van der Waals surface area (Å²) in [5, 5.41) is 5.70. The van der Waals surface area contributed by atoms with Gasteiger partial charge < -0.3 is 15.4 Å². The van der Waals surface area contributed by atoms with E-state index in [1.165, 1.54) is 0 Å². The number of anilines is 1. The number of amides is 1. The highest BCUT2D eigenvalue weighted by Gasteiger charge is 2.26. The van der Waals surface area contributed by atoms with Crippen molar-refractivity contribution < 1.29 is 22.7 Å². The van der Waals surface area contributed by atoms with Gasteiger partial charge in [0.05, 0.1) is 13.2 Å². The third kappa shape index (κ3) is 6.21. The van der Waals surface area contributed by atoms with E-state index in [0.29, 0.717) is 31.0 Å². The number of carbonyl (C=O) groups excluding carboxylic acids is 1. The van der Waals surface area contributed by atoms with Crippen molar-refractivity contribution in [3.8, 4) is 0 Å². The van der Waals surface area contributed by atoms with Gasteiger partial charge in [-0.05, 0) is 24.1 Å². The van der Waals surface area contributed by atoms with Gasteiger partial charge in [0.1, 0.15) is 6.04 Å². The number of rotatable bonds is 4. The van der Waals surface area contributed by atoms with Crippen LogP contribution in [0.5, 0.6) is 0 Å². The third-order valence-electron chi connectivity index (χ3n) is 3.13. The van der Waals surface area contributed by atoms with E-state index in [-0.39, 0.29) is 24.7 Å². The second-order valence-electron chi connectivity index (χ2n) is 4.89. The molecule has 4 nitrogen and oxygen atoms in total. The third-order valence-corrected chi connectivity index (χ3v) is 3.13. The molecule has 0 aliphatic carbocycles. The lowest BCUT2D eigenvalue weighted by Gasteiger charge is -2.23. The number of hydrogen-bond donors (Lipinski definition) is 2. The molecule has 0 radical (unpaired) electrons. The first kappa shape index (κ1) is 18.7. The zero-order chi connectivity index (χ0) is 15.3. The summed E-state index contributed by atoms with van der Waals surface area (Å²) in [7, 11) is 0. The van der Waals surface area contributed by atoms with Crippen molar-refractivity contribution in [1.82, 2.24) is 5.32 Å². The van der Waals surface area contributed by atoms with Gasteiger partial charge in [0.15, 0.2) is 0 Å². The van der Waals surface area contributed by atoms with Crippen LogP contribution < -0.4 is 10.6 Å². The number of carbonyl (C=O) groups is 1. The number of halogens is 4. The summed E-state index contributed by atoms with van der Waals surface area (Å²) < 4.78 is 41.8. The molecule has 1 aromatic rings. The molecule has 2 rings (SSSR count). The summed E-state index contributed by atoms with van der Waals surface area (Å²) in [6, 6.07) is 6.03. The Kier molecular flexibility index (Phi) is 7.12. The molecule has 22 heavy (non-hydrogen) atoms. The van der Waals surface area contributed by atoms with Crippen LogP contribution in [0.3, 0.4) is 0 Å². The number of ether oxygens (including phenoxy) is 1. The molecule has 2 N–H and O–H groups in total. The van der Waals surface area contributed by atoms with Crippen LogP contribution in [0.4, 0.5) is 18.9 Å². The van der Waals surface area contributed by atoms with E-state index >= 15 is 0 Å². The predicted molar refractivity (Wildman–Crippen MR) is 79.3 cm³/mol. The fraction of sp³-hybridized carbons (Fsp3) is 0.500. The molecule has 1 fully saturated rings. The second kappa shape index (κ2) is 8.36. The number of alkyl halides is 3. The van der Waals surface area contributed by atoms with Crippen LogP contribution in [0.25, 0.3) is 0 Å². The highest BCUT2D eigenvalue weighted by atomic mass is 35.5. The average molecular weight is 339 g/mol. The smallest absolute Gasteiger partial charge is 0.378 e.